The van der Waals surface area contributed by atoms with Crippen LogP contribution < -0.4 is 5.73 Å². The number of ether oxygens (including phenoxy) is 1. The minimum atomic E-state index is 0.0399. The molecular formula is C10H13NO2. The molecule has 1 aromatic carbocycles. The highest BCUT2D eigenvalue weighted by Gasteiger charge is 2.15. The van der Waals surface area contributed by atoms with Crippen LogP contribution in [-0.2, 0) is 11.3 Å². The minimum Gasteiger partial charge on any atom is -0.508 e. The molecule has 2 rings (SSSR count). The van der Waals surface area contributed by atoms with Crippen molar-refractivity contribution in [2.75, 3.05) is 6.61 Å². The van der Waals surface area contributed by atoms with Crippen molar-refractivity contribution in [3.8, 4) is 5.75 Å². The molecule has 3 heteroatoms. The van der Waals surface area contributed by atoms with E-state index in [1.165, 1.54) is 0 Å². The summed E-state index contributed by atoms with van der Waals surface area (Å²) in [5.41, 5.74) is 8.03. The van der Waals surface area contributed by atoms with Crippen molar-refractivity contribution in [3.63, 3.8) is 0 Å². The largest absolute Gasteiger partial charge is 0.508 e. The molecule has 3 nitrogen and oxygen atoms in total. The fourth-order valence-corrected chi connectivity index (χ4v) is 1.63. The zero-order chi connectivity index (χ0) is 9.26. The van der Waals surface area contributed by atoms with E-state index < -0.39 is 0 Å². The molecule has 1 aliphatic heterocycles. The molecule has 0 fully saturated rings. The molecule has 0 aliphatic carbocycles. The second-order valence-electron chi connectivity index (χ2n) is 3.33. The first-order valence-corrected chi connectivity index (χ1v) is 4.42. The van der Waals surface area contributed by atoms with Crippen molar-refractivity contribution < 1.29 is 9.84 Å². The summed E-state index contributed by atoms with van der Waals surface area (Å²) in [6.45, 7) is 1.24. The molecule has 1 heterocycles. The van der Waals surface area contributed by atoms with Gasteiger partial charge < -0.3 is 15.6 Å². The molecule has 1 aromatic rings. The highest BCUT2D eigenvalue weighted by atomic mass is 16.5. The Kier molecular flexibility index (Phi) is 2.20. The lowest BCUT2D eigenvalue weighted by Crippen LogP contribution is -2.11. The third-order valence-electron chi connectivity index (χ3n) is 2.36. The van der Waals surface area contributed by atoms with Crippen molar-refractivity contribution in [2.24, 2.45) is 5.73 Å². The molecule has 0 saturated heterocycles. The van der Waals surface area contributed by atoms with Crippen LogP contribution in [0.4, 0.5) is 0 Å². The maximum absolute atomic E-state index is 9.27. The topological polar surface area (TPSA) is 55.5 Å². The summed E-state index contributed by atoms with van der Waals surface area (Å²) < 4.78 is 5.36. The quantitative estimate of drug-likeness (QED) is 0.631. The van der Waals surface area contributed by atoms with Crippen molar-refractivity contribution in [2.45, 2.75) is 19.1 Å². The molecule has 13 heavy (non-hydrogen) atoms. The fraction of sp³-hybridized carbons (Fsp3) is 0.400. The first-order valence-electron chi connectivity index (χ1n) is 4.42. The van der Waals surface area contributed by atoms with Gasteiger partial charge in [-0.1, -0.05) is 6.07 Å². The number of benzene rings is 1. The molecule has 0 aromatic heterocycles. The number of hydrogen-bond donors (Lipinski definition) is 2. The van der Waals surface area contributed by atoms with Gasteiger partial charge in [0.25, 0.3) is 0 Å². The fourth-order valence-electron chi connectivity index (χ4n) is 1.63. The van der Waals surface area contributed by atoms with Crippen molar-refractivity contribution in [1.82, 2.24) is 0 Å². The Labute approximate surface area is 77.1 Å². The molecule has 1 aliphatic rings. The van der Waals surface area contributed by atoms with Crippen LogP contribution in [-0.4, -0.2) is 11.7 Å². The lowest BCUT2D eigenvalue weighted by molar-refractivity contribution is 0.122. The zero-order valence-corrected chi connectivity index (χ0v) is 7.36. The smallest absolute Gasteiger partial charge is 0.115 e. The summed E-state index contributed by atoms with van der Waals surface area (Å²) in [4.78, 5) is 0. The van der Waals surface area contributed by atoms with Crippen molar-refractivity contribution in [3.05, 3.63) is 29.3 Å². The minimum absolute atomic E-state index is 0.0399. The lowest BCUT2D eigenvalue weighted by atomic mass is 10.00. The van der Waals surface area contributed by atoms with Gasteiger partial charge in [-0.2, -0.15) is 0 Å². The zero-order valence-electron chi connectivity index (χ0n) is 7.36. The average molecular weight is 179 g/mol. The standard InChI is InChI=1S/C10H13NO2/c11-10-3-4-13-6-7-5-8(12)1-2-9(7)10/h1-2,5,10,12H,3-4,6,11H2. The van der Waals surface area contributed by atoms with Crippen LogP contribution in [0.1, 0.15) is 23.6 Å². The Morgan fingerprint density at radius 1 is 1.46 bits per heavy atom. The molecule has 0 spiro atoms. The SMILES string of the molecule is NC1CCOCc2cc(O)ccc21. The number of fused-ring (bicyclic) bond motifs is 1. The van der Waals surface area contributed by atoms with Gasteiger partial charge in [0, 0.05) is 12.6 Å². The molecule has 0 radical (unpaired) electrons. The summed E-state index contributed by atoms with van der Waals surface area (Å²) in [5.74, 6) is 0.274. The van der Waals surface area contributed by atoms with E-state index >= 15 is 0 Å². The number of nitrogens with two attached hydrogens (primary N) is 1. The Balaban J connectivity index is 2.42. The van der Waals surface area contributed by atoms with E-state index in [1.54, 1.807) is 12.1 Å². The summed E-state index contributed by atoms with van der Waals surface area (Å²) in [7, 11) is 0. The maximum Gasteiger partial charge on any atom is 0.115 e. The van der Waals surface area contributed by atoms with Crippen LogP contribution in [0.5, 0.6) is 5.75 Å². The van der Waals surface area contributed by atoms with Gasteiger partial charge in [0.1, 0.15) is 5.75 Å². The number of rotatable bonds is 0. The van der Waals surface area contributed by atoms with E-state index in [0.29, 0.717) is 13.2 Å². The predicted molar refractivity (Wildman–Crippen MR) is 49.3 cm³/mol. The van der Waals surface area contributed by atoms with E-state index in [2.05, 4.69) is 0 Å². The normalized spacial score (nSPS) is 22.1. The van der Waals surface area contributed by atoms with Crippen molar-refractivity contribution >= 4 is 0 Å². The Morgan fingerprint density at radius 2 is 2.31 bits per heavy atom. The first kappa shape index (κ1) is 8.53. The molecule has 0 saturated carbocycles. The van der Waals surface area contributed by atoms with Gasteiger partial charge >= 0.3 is 0 Å². The Morgan fingerprint density at radius 3 is 3.15 bits per heavy atom. The van der Waals surface area contributed by atoms with Gasteiger partial charge in [-0.3, -0.25) is 0 Å². The second kappa shape index (κ2) is 3.36. The van der Waals surface area contributed by atoms with Gasteiger partial charge in [0.2, 0.25) is 0 Å². The average Bonchev–Trinajstić information content (AvgIpc) is 2.28. The highest BCUT2D eigenvalue weighted by Crippen LogP contribution is 2.26. The van der Waals surface area contributed by atoms with Crippen LogP contribution in [0, 0.1) is 0 Å². The van der Waals surface area contributed by atoms with E-state index in [4.69, 9.17) is 10.5 Å². The van der Waals surface area contributed by atoms with E-state index in [1.807, 2.05) is 6.07 Å². The highest BCUT2D eigenvalue weighted by molar-refractivity contribution is 5.36. The number of aromatic hydroxyl groups is 1. The monoisotopic (exact) mass is 179 g/mol. The van der Waals surface area contributed by atoms with Gasteiger partial charge in [0.05, 0.1) is 6.61 Å². The van der Waals surface area contributed by atoms with Gasteiger partial charge in [-0.15, -0.1) is 0 Å². The second-order valence-corrected chi connectivity index (χ2v) is 3.33. The maximum atomic E-state index is 9.27. The molecule has 0 amide bonds. The van der Waals surface area contributed by atoms with E-state index in [9.17, 15) is 5.11 Å². The lowest BCUT2D eigenvalue weighted by Gasteiger charge is -2.10. The molecule has 70 valence electrons. The van der Waals surface area contributed by atoms with Crippen LogP contribution >= 0.6 is 0 Å². The van der Waals surface area contributed by atoms with Gasteiger partial charge in [0.15, 0.2) is 0 Å². The Bertz CT molecular complexity index is 312. The van der Waals surface area contributed by atoms with E-state index in [0.717, 1.165) is 17.5 Å². The third kappa shape index (κ3) is 1.66. The molecular weight excluding hydrogens is 166 g/mol. The van der Waals surface area contributed by atoms with Crippen LogP contribution in [0.2, 0.25) is 0 Å². The van der Waals surface area contributed by atoms with Gasteiger partial charge in [-0.25, -0.2) is 0 Å². The summed E-state index contributed by atoms with van der Waals surface area (Å²) in [6.07, 6.45) is 0.845. The number of hydrogen-bond acceptors (Lipinski definition) is 3. The van der Waals surface area contributed by atoms with Gasteiger partial charge in [-0.05, 0) is 29.7 Å². The summed E-state index contributed by atoms with van der Waals surface area (Å²) >= 11 is 0. The van der Waals surface area contributed by atoms with E-state index in [-0.39, 0.29) is 11.8 Å². The number of phenols is 1. The first-order chi connectivity index (χ1) is 6.27. The van der Waals surface area contributed by atoms with Crippen molar-refractivity contribution in [1.29, 1.82) is 0 Å². The van der Waals surface area contributed by atoms with Crippen LogP contribution in [0.25, 0.3) is 0 Å². The number of phenolic OH excluding ortho intramolecular Hbond substituents is 1. The molecule has 3 N–H and O–H groups in total. The molecule has 0 bridgehead atoms. The summed E-state index contributed by atoms with van der Waals surface area (Å²) in [6, 6.07) is 5.31. The predicted octanol–water partition coefficient (Wildman–Crippen LogP) is 1.31. The molecule has 1 atom stereocenters. The third-order valence-corrected chi connectivity index (χ3v) is 2.36. The Hall–Kier alpha value is -1.06. The summed E-state index contributed by atoms with van der Waals surface area (Å²) in [5, 5.41) is 9.27. The van der Waals surface area contributed by atoms with Crippen LogP contribution in [0.15, 0.2) is 18.2 Å². The molecule has 1 unspecified atom stereocenters. The van der Waals surface area contributed by atoms with Crippen LogP contribution in [0.3, 0.4) is 0 Å².